The lowest BCUT2D eigenvalue weighted by Gasteiger charge is -2.39. The summed E-state index contributed by atoms with van der Waals surface area (Å²) in [7, 11) is 0.281. The van der Waals surface area contributed by atoms with Crippen LogP contribution < -0.4 is 5.32 Å². The Morgan fingerprint density at radius 2 is 1.75 bits per heavy atom. The number of halogens is 1. The van der Waals surface area contributed by atoms with Gasteiger partial charge in [0, 0.05) is 30.7 Å². The molecule has 1 saturated carbocycles. The summed E-state index contributed by atoms with van der Waals surface area (Å²) < 4.78 is 33.7. The van der Waals surface area contributed by atoms with Crippen LogP contribution in [0.1, 0.15) is 62.7 Å². The van der Waals surface area contributed by atoms with Crippen molar-refractivity contribution < 1.29 is 17.9 Å². The number of sulfonamides is 1. The van der Waals surface area contributed by atoms with Gasteiger partial charge < -0.3 is 15.0 Å². The highest BCUT2D eigenvalue weighted by Gasteiger charge is 2.35. The number of benzene rings is 1. The van der Waals surface area contributed by atoms with Crippen LogP contribution in [-0.4, -0.2) is 75.0 Å². The number of carbonyl (C=O) groups is 1. The van der Waals surface area contributed by atoms with Gasteiger partial charge in [0.05, 0.1) is 17.2 Å². The van der Waals surface area contributed by atoms with Gasteiger partial charge in [0.2, 0.25) is 10.0 Å². The minimum Gasteiger partial charge on any atom is -0.373 e. The van der Waals surface area contributed by atoms with Crippen LogP contribution in [0.15, 0.2) is 23.1 Å². The Kier molecular flexibility index (Phi) is 8.25. The van der Waals surface area contributed by atoms with Crippen molar-refractivity contribution in [1.82, 2.24) is 14.5 Å². The maximum Gasteiger partial charge on any atom is 0.251 e. The van der Waals surface area contributed by atoms with Crippen LogP contribution in [0.25, 0.3) is 0 Å². The molecule has 2 unspecified atom stereocenters. The lowest BCUT2D eigenvalue weighted by atomic mass is 9.88. The van der Waals surface area contributed by atoms with E-state index in [4.69, 9.17) is 16.3 Å². The zero-order valence-corrected chi connectivity index (χ0v) is 21.1. The summed E-state index contributed by atoms with van der Waals surface area (Å²) in [5, 5.41) is 3.17. The number of hydrogen-bond donors (Lipinski definition) is 1. The lowest BCUT2D eigenvalue weighted by Crippen LogP contribution is -2.52. The highest BCUT2D eigenvalue weighted by Crippen LogP contribution is 2.31. The van der Waals surface area contributed by atoms with Gasteiger partial charge in [-0.1, -0.05) is 37.3 Å². The van der Waals surface area contributed by atoms with Crippen molar-refractivity contribution in [2.45, 2.75) is 75.0 Å². The second-order valence-corrected chi connectivity index (χ2v) is 11.8. The SMILES string of the molecule is CC1CN(S(=O)(=O)c2cc(C(=O)NCC3(N(C)C)CCCCCC3)ccc2Cl)CC(C)O1. The van der Waals surface area contributed by atoms with E-state index in [1.54, 1.807) is 6.07 Å². The van der Waals surface area contributed by atoms with Crippen molar-refractivity contribution in [3.05, 3.63) is 28.8 Å². The molecule has 2 aliphatic rings. The average Bonchev–Trinajstić information content (AvgIpc) is 2.98. The molecule has 0 bridgehead atoms. The summed E-state index contributed by atoms with van der Waals surface area (Å²) >= 11 is 6.28. The molecule has 180 valence electrons. The van der Waals surface area contributed by atoms with Crippen LogP contribution in [0.4, 0.5) is 0 Å². The molecule has 2 fully saturated rings. The fraction of sp³-hybridized carbons (Fsp3) is 0.696. The molecule has 7 nitrogen and oxygen atoms in total. The average molecular weight is 486 g/mol. The van der Waals surface area contributed by atoms with E-state index in [1.807, 2.05) is 13.8 Å². The molecule has 1 aliphatic heterocycles. The first-order chi connectivity index (χ1) is 15.0. The van der Waals surface area contributed by atoms with Gasteiger partial charge >= 0.3 is 0 Å². The normalized spacial score (nSPS) is 24.8. The third kappa shape index (κ3) is 5.65. The Labute approximate surface area is 197 Å². The number of rotatable bonds is 6. The predicted molar refractivity (Wildman–Crippen MR) is 127 cm³/mol. The fourth-order valence-electron chi connectivity index (χ4n) is 4.82. The topological polar surface area (TPSA) is 79.0 Å². The monoisotopic (exact) mass is 485 g/mol. The largest absolute Gasteiger partial charge is 0.373 e. The summed E-state index contributed by atoms with van der Waals surface area (Å²) in [5.41, 5.74) is 0.220. The Morgan fingerprint density at radius 1 is 1.16 bits per heavy atom. The van der Waals surface area contributed by atoms with Crippen molar-refractivity contribution >= 4 is 27.5 Å². The molecule has 1 saturated heterocycles. The van der Waals surface area contributed by atoms with Gasteiger partial charge in [0.25, 0.3) is 5.91 Å². The number of nitrogens with zero attached hydrogens (tertiary/aromatic N) is 2. The van der Waals surface area contributed by atoms with Gasteiger partial charge in [-0.2, -0.15) is 4.31 Å². The van der Waals surface area contributed by atoms with Crippen LogP contribution in [0, 0.1) is 0 Å². The number of likely N-dealkylation sites (N-methyl/N-ethyl adjacent to an activating group) is 1. The van der Waals surface area contributed by atoms with Gasteiger partial charge in [0.1, 0.15) is 4.90 Å². The fourth-order valence-corrected chi connectivity index (χ4v) is 6.91. The summed E-state index contributed by atoms with van der Waals surface area (Å²) in [6.45, 7) is 4.73. The Hall–Kier alpha value is -1.19. The Balaban J connectivity index is 1.79. The maximum atomic E-state index is 13.3. The lowest BCUT2D eigenvalue weighted by molar-refractivity contribution is -0.0440. The van der Waals surface area contributed by atoms with E-state index < -0.39 is 10.0 Å². The molecule has 9 heteroatoms. The minimum atomic E-state index is -3.85. The van der Waals surface area contributed by atoms with Crippen molar-refractivity contribution in [2.24, 2.45) is 0 Å². The number of ether oxygens (including phenoxy) is 1. The molecule has 32 heavy (non-hydrogen) atoms. The minimum absolute atomic E-state index is 0.0371. The second-order valence-electron chi connectivity index (χ2n) is 9.44. The number of morpholine rings is 1. The first kappa shape index (κ1) is 25.4. The van der Waals surface area contributed by atoms with Crippen LogP contribution in [-0.2, 0) is 14.8 Å². The van der Waals surface area contributed by atoms with E-state index in [2.05, 4.69) is 24.3 Å². The summed E-state index contributed by atoms with van der Waals surface area (Å²) in [6, 6.07) is 4.47. The quantitative estimate of drug-likeness (QED) is 0.623. The number of hydrogen-bond acceptors (Lipinski definition) is 5. The van der Waals surface area contributed by atoms with Crippen LogP contribution in [0.2, 0.25) is 5.02 Å². The zero-order chi connectivity index (χ0) is 23.5. The van der Waals surface area contributed by atoms with Gasteiger partial charge in [-0.15, -0.1) is 0 Å². The molecular weight excluding hydrogens is 450 g/mol. The van der Waals surface area contributed by atoms with Crippen LogP contribution in [0.3, 0.4) is 0 Å². The highest BCUT2D eigenvalue weighted by atomic mass is 35.5. The molecule has 1 aromatic rings. The predicted octanol–water partition coefficient (Wildman–Crippen LogP) is 3.52. The number of amides is 1. The van der Waals surface area contributed by atoms with Gasteiger partial charge in [-0.05, 0) is 59.0 Å². The van der Waals surface area contributed by atoms with E-state index in [0.717, 1.165) is 25.7 Å². The van der Waals surface area contributed by atoms with Crippen molar-refractivity contribution in [1.29, 1.82) is 0 Å². The molecule has 1 aliphatic carbocycles. The molecule has 0 radical (unpaired) electrons. The molecule has 1 N–H and O–H groups in total. The van der Waals surface area contributed by atoms with E-state index in [0.29, 0.717) is 12.1 Å². The van der Waals surface area contributed by atoms with Crippen LogP contribution >= 0.6 is 11.6 Å². The third-order valence-electron chi connectivity index (χ3n) is 6.76. The van der Waals surface area contributed by atoms with E-state index >= 15 is 0 Å². The third-order valence-corrected chi connectivity index (χ3v) is 9.07. The summed E-state index contributed by atoms with van der Waals surface area (Å²) in [4.78, 5) is 15.2. The highest BCUT2D eigenvalue weighted by molar-refractivity contribution is 7.89. The van der Waals surface area contributed by atoms with E-state index in [1.165, 1.54) is 29.3 Å². The molecule has 0 spiro atoms. The molecule has 1 amide bonds. The van der Waals surface area contributed by atoms with E-state index in [-0.39, 0.29) is 46.7 Å². The molecule has 3 rings (SSSR count). The van der Waals surface area contributed by atoms with Gasteiger partial charge in [0.15, 0.2) is 0 Å². The standard InChI is InChI=1S/C23H36ClN3O4S/c1-17-14-27(15-18(2)31-17)32(29,30)21-13-19(9-10-20(21)24)22(28)25-16-23(26(3)4)11-7-5-6-8-12-23/h9-10,13,17-18H,5-8,11-12,14-16H2,1-4H3,(H,25,28). The molecular formula is C23H36ClN3O4S. The van der Waals surface area contributed by atoms with Gasteiger partial charge in [-0.3, -0.25) is 4.79 Å². The number of carbonyl (C=O) groups excluding carboxylic acids is 1. The van der Waals surface area contributed by atoms with Crippen molar-refractivity contribution in [2.75, 3.05) is 33.7 Å². The van der Waals surface area contributed by atoms with Crippen molar-refractivity contribution in [3.63, 3.8) is 0 Å². The molecule has 1 heterocycles. The number of nitrogens with one attached hydrogen (secondary N) is 1. The molecule has 0 aromatic heterocycles. The smallest absolute Gasteiger partial charge is 0.251 e. The Bertz CT molecular complexity index is 904. The zero-order valence-electron chi connectivity index (χ0n) is 19.6. The van der Waals surface area contributed by atoms with Crippen LogP contribution in [0.5, 0.6) is 0 Å². The van der Waals surface area contributed by atoms with Crippen molar-refractivity contribution in [3.8, 4) is 0 Å². The first-order valence-corrected chi connectivity index (χ1v) is 13.3. The summed E-state index contributed by atoms with van der Waals surface area (Å²) in [5.74, 6) is -0.285. The second kappa shape index (κ2) is 10.4. The molecule has 1 aromatic carbocycles. The molecule has 2 atom stereocenters. The first-order valence-electron chi connectivity index (χ1n) is 11.5. The maximum absolute atomic E-state index is 13.3. The Morgan fingerprint density at radius 3 is 2.31 bits per heavy atom. The van der Waals surface area contributed by atoms with Gasteiger partial charge in [-0.25, -0.2) is 8.42 Å². The summed E-state index contributed by atoms with van der Waals surface area (Å²) in [6.07, 6.45) is 6.39. The van der Waals surface area contributed by atoms with E-state index in [9.17, 15) is 13.2 Å².